The van der Waals surface area contributed by atoms with Crippen LogP contribution in [-0.4, -0.2) is 29.2 Å². The van der Waals surface area contributed by atoms with Crippen LogP contribution in [0.3, 0.4) is 0 Å². The molecule has 0 radical (unpaired) electrons. The highest BCUT2D eigenvalue weighted by Gasteiger charge is 2.34. The predicted octanol–water partition coefficient (Wildman–Crippen LogP) is 3.12. The van der Waals surface area contributed by atoms with Gasteiger partial charge in [0.2, 0.25) is 5.76 Å². The van der Waals surface area contributed by atoms with Gasteiger partial charge in [0.25, 0.3) is 5.91 Å². The molecule has 4 rings (SSSR count). The van der Waals surface area contributed by atoms with E-state index in [2.05, 4.69) is 31.7 Å². The third-order valence-electron chi connectivity index (χ3n) is 4.66. The molecule has 1 aromatic heterocycles. The van der Waals surface area contributed by atoms with Crippen molar-refractivity contribution in [3.05, 3.63) is 40.6 Å². The average Bonchev–Trinajstić information content (AvgIpc) is 3.14. The molecule has 6 heteroatoms. The number of rotatable bonds is 3. The lowest BCUT2D eigenvalue weighted by Crippen LogP contribution is -2.47. The molecule has 1 amide bonds. The summed E-state index contributed by atoms with van der Waals surface area (Å²) in [6.45, 7) is 0. The van der Waals surface area contributed by atoms with E-state index in [-0.39, 0.29) is 17.7 Å². The van der Waals surface area contributed by atoms with Crippen molar-refractivity contribution in [3.63, 3.8) is 0 Å². The van der Waals surface area contributed by atoms with Crippen LogP contribution in [0, 0.1) is 0 Å². The smallest absolute Gasteiger partial charge is 0.290 e. The number of nitrogens with zero attached hydrogens (tertiary/aromatic N) is 1. The molecular formula is C17H18BrN3O2. The third kappa shape index (κ3) is 3.19. The van der Waals surface area contributed by atoms with Gasteiger partial charge in [-0.1, -0.05) is 33.2 Å². The fourth-order valence-corrected chi connectivity index (χ4v) is 4.00. The van der Waals surface area contributed by atoms with Gasteiger partial charge in [-0.25, -0.2) is 0 Å². The first-order valence-corrected chi connectivity index (χ1v) is 8.76. The molecule has 2 saturated heterocycles. The van der Waals surface area contributed by atoms with Crippen LogP contribution in [0.15, 0.2) is 39.3 Å². The first-order chi connectivity index (χ1) is 11.2. The number of carbonyl (C=O) groups is 1. The summed E-state index contributed by atoms with van der Waals surface area (Å²) in [7, 11) is 0. The van der Waals surface area contributed by atoms with E-state index < -0.39 is 0 Å². The molecule has 0 spiro atoms. The van der Waals surface area contributed by atoms with Crippen molar-refractivity contribution in [2.75, 3.05) is 0 Å². The summed E-state index contributed by atoms with van der Waals surface area (Å²) in [5.74, 6) is 0.0934. The van der Waals surface area contributed by atoms with E-state index in [4.69, 9.17) is 4.52 Å². The van der Waals surface area contributed by atoms with Crippen molar-refractivity contribution in [3.8, 4) is 11.3 Å². The fraction of sp³-hybridized carbons (Fsp3) is 0.412. The molecule has 3 heterocycles. The van der Waals surface area contributed by atoms with Crippen molar-refractivity contribution in [2.45, 2.75) is 43.8 Å². The Morgan fingerprint density at radius 3 is 2.78 bits per heavy atom. The predicted molar refractivity (Wildman–Crippen MR) is 90.1 cm³/mol. The minimum atomic E-state index is -0.176. The number of fused-ring (bicyclic) bond motifs is 2. The quantitative estimate of drug-likeness (QED) is 0.864. The second-order valence-corrected chi connectivity index (χ2v) is 7.28. The Balaban J connectivity index is 1.45. The number of aromatic nitrogens is 1. The van der Waals surface area contributed by atoms with Crippen molar-refractivity contribution < 1.29 is 9.32 Å². The Kier molecular flexibility index (Phi) is 3.95. The van der Waals surface area contributed by atoms with Crippen LogP contribution in [0.1, 0.15) is 36.2 Å². The van der Waals surface area contributed by atoms with E-state index in [1.165, 1.54) is 12.8 Å². The number of hydrogen-bond donors (Lipinski definition) is 2. The van der Waals surface area contributed by atoms with Gasteiger partial charge in [-0.15, -0.1) is 0 Å². The average molecular weight is 376 g/mol. The van der Waals surface area contributed by atoms with Crippen molar-refractivity contribution in [1.82, 2.24) is 15.8 Å². The lowest BCUT2D eigenvalue weighted by molar-refractivity contribution is 0.0886. The molecule has 0 saturated carbocycles. The largest absolute Gasteiger partial charge is 0.350 e. The first-order valence-electron chi connectivity index (χ1n) is 7.97. The number of amides is 1. The van der Waals surface area contributed by atoms with Gasteiger partial charge in [0.1, 0.15) is 5.69 Å². The second-order valence-electron chi connectivity index (χ2n) is 6.37. The summed E-state index contributed by atoms with van der Waals surface area (Å²) >= 11 is 3.43. The van der Waals surface area contributed by atoms with E-state index in [0.717, 1.165) is 22.9 Å². The molecular weight excluding hydrogens is 358 g/mol. The van der Waals surface area contributed by atoms with Crippen molar-refractivity contribution >= 4 is 21.8 Å². The van der Waals surface area contributed by atoms with Crippen LogP contribution in [-0.2, 0) is 0 Å². The zero-order chi connectivity index (χ0) is 15.8. The summed E-state index contributed by atoms with van der Waals surface area (Å²) in [4.78, 5) is 12.4. The van der Waals surface area contributed by atoms with Gasteiger partial charge in [-0.2, -0.15) is 0 Å². The normalized spacial score (nSPS) is 26.2. The molecule has 1 unspecified atom stereocenters. The number of halogens is 1. The van der Waals surface area contributed by atoms with Crippen LogP contribution in [0.2, 0.25) is 0 Å². The highest BCUT2D eigenvalue weighted by atomic mass is 79.9. The topological polar surface area (TPSA) is 67.2 Å². The van der Waals surface area contributed by atoms with Crippen LogP contribution < -0.4 is 10.6 Å². The lowest BCUT2D eigenvalue weighted by atomic mass is 10.00. The Bertz CT molecular complexity index is 718. The summed E-state index contributed by atoms with van der Waals surface area (Å²) in [5.41, 5.74) is 1.59. The maximum Gasteiger partial charge on any atom is 0.290 e. The minimum absolute atomic E-state index is 0.176. The molecule has 2 N–H and O–H groups in total. The van der Waals surface area contributed by atoms with Gasteiger partial charge < -0.3 is 15.2 Å². The highest BCUT2D eigenvalue weighted by Crippen LogP contribution is 2.27. The van der Waals surface area contributed by atoms with Crippen molar-refractivity contribution in [2.24, 2.45) is 0 Å². The molecule has 0 aliphatic carbocycles. The number of benzene rings is 1. The highest BCUT2D eigenvalue weighted by molar-refractivity contribution is 9.10. The summed E-state index contributed by atoms with van der Waals surface area (Å²) in [6.07, 6.45) is 4.42. The van der Waals surface area contributed by atoms with Crippen LogP contribution >= 0.6 is 15.9 Å². The van der Waals surface area contributed by atoms with Gasteiger partial charge in [0.15, 0.2) is 0 Å². The van der Waals surface area contributed by atoms with Crippen LogP contribution in [0.25, 0.3) is 11.3 Å². The van der Waals surface area contributed by atoms with Crippen LogP contribution in [0.5, 0.6) is 0 Å². The number of piperidine rings is 1. The van der Waals surface area contributed by atoms with E-state index in [9.17, 15) is 4.79 Å². The van der Waals surface area contributed by atoms with Gasteiger partial charge >= 0.3 is 0 Å². The monoisotopic (exact) mass is 375 g/mol. The zero-order valence-corrected chi connectivity index (χ0v) is 14.2. The summed E-state index contributed by atoms with van der Waals surface area (Å²) in [5, 5.41) is 10.7. The van der Waals surface area contributed by atoms with Crippen LogP contribution in [0.4, 0.5) is 0 Å². The zero-order valence-electron chi connectivity index (χ0n) is 12.6. The molecule has 120 valence electrons. The summed E-state index contributed by atoms with van der Waals surface area (Å²) < 4.78 is 6.21. The third-order valence-corrected chi connectivity index (χ3v) is 5.16. The Morgan fingerprint density at radius 1 is 1.26 bits per heavy atom. The molecule has 2 aliphatic heterocycles. The Hall–Kier alpha value is -1.66. The van der Waals surface area contributed by atoms with Gasteiger partial charge in [0, 0.05) is 34.2 Å². The number of hydrogen-bond acceptors (Lipinski definition) is 4. The van der Waals surface area contributed by atoms with E-state index in [1.807, 2.05) is 24.3 Å². The fourth-order valence-electron chi connectivity index (χ4n) is 3.60. The molecule has 5 nitrogen and oxygen atoms in total. The van der Waals surface area contributed by atoms with Gasteiger partial charge in [0.05, 0.1) is 0 Å². The Labute approximate surface area is 142 Å². The molecule has 23 heavy (non-hydrogen) atoms. The Morgan fingerprint density at radius 2 is 2.04 bits per heavy atom. The minimum Gasteiger partial charge on any atom is -0.350 e. The molecule has 2 bridgehead atoms. The first kappa shape index (κ1) is 14.9. The number of carbonyl (C=O) groups excluding carboxylic acids is 1. The van der Waals surface area contributed by atoms with E-state index in [1.54, 1.807) is 6.07 Å². The van der Waals surface area contributed by atoms with E-state index >= 15 is 0 Å². The summed E-state index contributed by atoms with van der Waals surface area (Å²) in [6, 6.07) is 10.8. The SMILES string of the molecule is O=C(NC1C[C@H]2CC[C@@H](C1)N2)c1cc(-c2cccc(Br)c2)no1. The van der Waals surface area contributed by atoms with E-state index in [0.29, 0.717) is 17.8 Å². The second kappa shape index (κ2) is 6.09. The molecule has 2 aliphatic rings. The number of nitrogens with one attached hydrogen (secondary N) is 2. The molecule has 1 aromatic carbocycles. The maximum absolute atomic E-state index is 12.4. The standard InChI is InChI=1S/C17H18BrN3O2/c18-11-3-1-2-10(6-11)15-9-16(23-21-15)17(22)20-14-7-12-4-5-13(8-14)19-12/h1-3,6,9,12-14,19H,4-5,7-8H2,(H,20,22)/t12-,13+,14?. The molecule has 2 fully saturated rings. The molecule has 2 aromatic rings. The molecule has 3 atom stereocenters. The lowest BCUT2D eigenvalue weighted by Gasteiger charge is -2.29. The van der Waals surface area contributed by atoms with Crippen molar-refractivity contribution in [1.29, 1.82) is 0 Å². The van der Waals surface area contributed by atoms with Gasteiger partial charge in [-0.05, 0) is 37.8 Å². The maximum atomic E-state index is 12.4. The van der Waals surface area contributed by atoms with Gasteiger partial charge in [-0.3, -0.25) is 4.79 Å².